The normalized spacial score (nSPS) is 13.9. The highest BCUT2D eigenvalue weighted by Gasteiger charge is 2.27. The lowest BCUT2D eigenvalue weighted by Gasteiger charge is -2.10. The van der Waals surface area contributed by atoms with Crippen LogP contribution in [-0.2, 0) is 9.59 Å². The third-order valence-corrected chi connectivity index (χ3v) is 3.90. The van der Waals surface area contributed by atoms with Crippen molar-refractivity contribution in [1.29, 1.82) is 0 Å². The number of hydrogen-bond acceptors (Lipinski definition) is 5. The van der Waals surface area contributed by atoms with Gasteiger partial charge in [-0.25, -0.2) is 0 Å². The second-order valence-electron chi connectivity index (χ2n) is 5.56. The molecule has 1 aliphatic heterocycles. The average Bonchev–Trinajstić information content (AvgIpc) is 2.94. The van der Waals surface area contributed by atoms with Crippen LogP contribution in [0.15, 0.2) is 36.4 Å². The first kappa shape index (κ1) is 17.3. The van der Waals surface area contributed by atoms with Crippen LogP contribution in [0.1, 0.15) is 11.1 Å². The van der Waals surface area contributed by atoms with E-state index in [-0.39, 0.29) is 12.5 Å². The van der Waals surface area contributed by atoms with Crippen LogP contribution < -0.4 is 25.3 Å². The first-order valence-corrected chi connectivity index (χ1v) is 7.83. The molecule has 0 spiro atoms. The number of hydrogen-bond donors (Lipinski definition) is 2. The summed E-state index contributed by atoms with van der Waals surface area (Å²) in [4.78, 5) is 23.4. The summed E-state index contributed by atoms with van der Waals surface area (Å²) in [5.41, 5.74) is 7.56. The third kappa shape index (κ3) is 3.32. The number of ether oxygens (including phenoxy) is 3. The van der Waals surface area contributed by atoms with Crippen molar-refractivity contribution in [3.8, 4) is 17.2 Å². The van der Waals surface area contributed by atoms with Gasteiger partial charge in [-0.3, -0.25) is 9.59 Å². The zero-order valence-corrected chi connectivity index (χ0v) is 14.4. The van der Waals surface area contributed by atoms with Crippen molar-refractivity contribution in [2.45, 2.75) is 0 Å². The SMILES string of the molecule is COc1cc2c(cc1OC)/C(=C/c1ccccc1OCC(N)=O)C(=O)N2. The molecule has 0 saturated heterocycles. The van der Waals surface area contributed by atoms with Crippen LogP contribution in [0.2, 0.25) is 0 Å². The number of carbonyl (C=O) groups excluding carboxylic acids is 2. The van der Waals surface area contributed by atoms with E-state index < -0.39 is 5.91 Å². The van der Waals surface area contributed by atoms with Gasteiger partial charge in [0.15, 0.2) is 18.1 Å². The average molecular weight is 354 g/mol. The molecule has 0 unspecified atom stereocenters. The number of nitrogens with two attached hydrogens (primary N) is 1. The van der Waals surface area contributed by atoms with Gasteiger partial charge in [-0.1, -0.05) is 18.2 Å². The summed E-state index contributed by atoms with van der Waals surface area (Å²) in [6.45, 7) is -0.242. The molecule has 3 rings (SSSR count). The molecule has 0 bridgehead atoms. The van der Waals surface area contributed by atoms with Crippen molar-refractivity contribution in [2.75, 3.05) is 26.1 Å². The Morgan fingerprint density at radius 2 is 1.81 bits per heavy atom. The van der Waals surface area contributed by atoms with E-state index in [1.165, 1.54) is 14.2 Å². The van der Waals surface area contributed by atoms with Crippen LogP contribution >= 0.6 is 0 Å². The minimum atomic E-state index is -0.576. The Hall–Kier alpha value is -3.48. The molecule has 2 aromatic rings. The van der Waals surface area contributed by atoms with Gasteiger partial charge in [-0.15, -0.1) is 0 Å². The second-order valence-corrected chi connectivity index (χ2v) is 5.56. The lowest BCUT2D eigenvalue weighted by atomic mass is 10.0. The van der Waals surface area contributed by atoms with E-state index in [4.69, 9.17) is 19.9 Å². The van der Waals surface area contributed by atoms with Gasteiger partial charge in [-0.05, 0) is 18.2 Å². The first-order chi connectivity index (χ1) is 12.5. The highest BCUT2D eigenvalue weighted by molar-refractivity contribution is 6.35. The summed E-state index contributed by atoms with van der Waals surface area (Å²) in [7, 11) is 3.06. The maximum absolute atomic E-state index is 12.4. The molecule has 3 N–H and O–H groups in total. The van der Waals surface area contributed by atoms with E-state index in [0.717, 1.165) is 0 Å². The number of benzene rings is 2. The third-order valence-electron chi connectivity index (χ3n) is 3.90. The number of amides is 2. The molecule has 1 heterocycles. The van der Waals surface area contributed by atoms with E-state index in [9.17, 15) is 9.59 Å². The van der Waals surface area contributed by atoms with Crippen LogP contribution in [0.25, 0.3) is 11.6 Å². The number of nitrogens with one attached hydrogen (secondary N) is 1. The van der Waals surface area contributed by atoms with Crippen molar-refractivity contribution in [2.24, 2.45) is 5.73 Å². The zero-order valence-electron chi connectivity index (χ0n) is 14.4. The molecule has 0 saturated carbocycles. The number of anilines is 1. The Morgan fingerprint density at radius 3 is 2.50 bits per heavy atom. The Labute approximate surface area is 150 Å². The highest BCUT2D eigenvalue weighted by atomic mass is 16.5. The predicted octanol–water partition coefficient (Wildman–Crippen LogP) is 2.06. The van der Waals surface area contributed by atoms with Gasteiger partial charge in [0.25, 0.3) is 11.8 Å². The van der Waals surface area contributed by atoms with Gasteiger partial charge in [0, 0.05) is 22.8 Å². The number of carbonyl (C=O) groups is 2. The molecule has 1 aliphatic rings. The summed E-state index contributed by atoms with van der Waals surface area (Å²) in [6.07, 6.45) is 1.70. The minimum absolute atomic E-state index is 0.242. The van der Waals surface area contributed by atoms with Crippen molar-refractivity contribution >= 4 is 29.2 Å². The Morgan fingerprint density at radius 1 is 1.12 bits per heavy atom. The lowest BCUT2D eigenvalue weighted by molar-refractivity contribution is -0.120. The highest BCUT2D eigenvalue weighted by Crippen LogP contribution is 2.41. The number of methoxy groups -OCH3 is 2. The fourth-order valence-corrected chi connectivity index (χ4v) is 2.70. The molecule has 26 heavy (non-hydrogen) atoms. The maximum atomic E-state index is 12.4. The molecular weight excluding hydrogens is 336 g/mol. The van der Waals surface area contributed by atoms with E-state index in [1.807, 2.05) is 6.07 Å². The van der Waals surface area contributed by atoms with Crippen molar-refractivity contribution < 1.29 is 23.8 Å². The van der Waals surface area contributed by atoms with Crippen molar-refractivity contribution in [1.82, 2.24) is 0 Å². The fourth-order valence-electron chi connectivity index (χ4n) is 2.70. The molecule has 7 heteroatoms. The van der Waals surface area contributed by atoms with Crippen LogP contribution in [0.3, 0.4) is 0 Å². The van der Waals surface area contributed by atoms with Crippen LogP contribution in [0.5, 0.6) is 17.2 Å². The number of fused-ring (bicyclic) bond motifs is 1. The molecule has 2 aromatic carbocycles. The van der Waals surface area contributed by atoms with E-state index in [0.29, 0.717) is 39.6 Å². The van der Waals surface area contributed by atoms with Gasteiger partial charge in [-0.2, -0.15) is 0 Å². The topological polar surface area (TPSA) is 99.9 Å². The molecule has 7 nitrogen and oxygen atoms in total. The van der Waals surface area contributed by atoms with Crippen molar-refractivity contribution in [3.05, 3.63) is 47.5 Å². The summed E-state index contributed by atoms with van der Waals surface area (Å²) >= 11 is 0. The molecular formula is C19H18N2O5. The summed E-state index contributed by atoms with van der Waals surface area (Å²) in [5.74, 6) is 0.679. The quantitative estimate of drug-likeness (QED) is 0.774. The van der Waals surface area contributed by atoms with E-state index in [2.05, 4.69) is 5.32 Å². The van der Waals surface area contributed by atoms with Crippen LogP contribution in [0.4, 0.5) is 5.69 Å². The lowest BCUT2D eigenvalue weighted by Crippen LogP contribution is -2.20. The van der Waals surface area contributed by atoms with Gasteiger partial charge >= 0.3 is 0 Å². The van der Waals surface area contributed by atoms with Gasteiger partial charge in [0.2, 0.25) is 0 Å². The minimum Gasteiger partial charge on any atom is -0.493 e. The molecule has 134 valence electrons. The predicted molar refractivity (Wildman–Crippen MR) is 97.2 cm³/mol. The molecule has 0 radical (unpaired) electrons. The zero-order chi connectivity index (χ0) is 18.7. The number of primary amides is 1. The second kappa shape index (κ2) is 7.18. The number of para-hydroxylation sites is 1. The Balaban J connectivity index is 2.04. The van der Waals surface area contributed by atoms with Crippen molar-refractivity contribution in [3.63, 3.8) is 0 Å². The Bertz CT molecular complexity index is 905. The molecule has 2 amide bonds. The maximum Gasteiger partial charge on any atom is 0.256 e. The van der Waals surface area contributed by atoms with Crippen LogP contribution in [-0.4, -0.2) is 32.6 Å². The van der Waals surface area contributed by atoms with Crippen LogP contribution in [0, 0.1) is 0 Å². The molecule has 0 atom stereocenters. The van der Waals surface area contributed by atoms with E-state index in [1.54, 1.807) is 36.4 Å². The molecule has 0 aromatic heterocycles. The monoisotopic (exact) mass is 354 g/mol. The first-order valence-electron chi connectivity index (χ1n) is 7.83. The molecule has 0 fully saturated rings. The van der Waals surface area contributed by atoms with Gasteiger partial charge in [0.05, 0.1) is 19.9 Å². The smallest absolute Gasteiger partial charge is 0.256 e. The van der Waals surface area contributed by atoms with Gasteiger partial charge in [0.1, 0.15) is 5.75 Å². The molecule has 0 aliphatic carbocycles. The summed E-state index contributed by atoms with van der Waals surface area (Å²) < 4.78 is 16.0. The summed E-state index contributed by atoms with van der Waals surface area (Å²) in [6, 6.07) is 10.5. The largest absolute Gasteiger partial charge is 0.493 e. The Kier molecular flexibility index (Phi) is 4.79. The fraction of sp³-hybridized carbons (Fsp3) is 0.158. The standard InChI is InChI=1S/C19H18N2O5/c1-24-16-8-12-13(19(23)21-14(12)9-17(16)25-2)7-11-5-3-4-6-15(11)26-10-18(20)22/h3-9H,10H2,1-2H3,(H2,20,22)(H,21,23)/b13-7-. The van der Waals surface area contributed by atoms with Gasteiger partial charge < -0.3 is 25.3 Å². The summed E-state index contributed by atoms with van der Waals surface area (Å²) in [5, 5.41) is 2.81. The number of rotatable bonds is 6. The van der Waals surface area contributed by atoms with E-state index >= 15 is 0 Å².